The molecule has 132 valence electrons. The molecule has 27 heavy (non-hydrogen) atoms. The molecule has 0 aliphatic carbocycles. The molecule has 0 atom stereocenters. The van der Waals surface area contributed by atoms with Crippen LogP contribution in [0.4, 0.5) is 0 Å². The predicted octanol–water partition coefficient (Wildman–Crippen LogP) is 3.74. The zero-order chi connectivity index (χ0) is 18.8. The number of imidazole rings is 1. The Morgan fingerprint density at radius 3 is 2.30 bits per heavy atom. The minimum atomic E-state index is -1.23. The van der Waals surface area contributed by atoms with E-state index in [0.29, 0.717) is 5.69 Å². The lowest BCUT2D eigenvalue weighted by molar-refractivity contribution is -0.297. The van der Waals surface area contributed by atoms with Crippen LogP contribution in [-0.4, -0.2) is 15.4 Å². The summed E-state index contributed by atoms with van der Waals surface area (Å²) in [4.78, 5) is 15.7. The van der Waals surface area contributed by atoms with Crippen LogP contribution in [0.3, 0.4) is 0 Å². The van der Waals surface area contributed by atoms with Crippen molar-refractivity contribution < 1.29 is 9.90 Å². The largest absolute Gasteiger partial charge is 0.545 e. The molecule has 0 spiro atoms. The highest BCUT2D eigenvalue weighted by atomic mass is 16.4. The maximum absolute atomic E-state index is 10.9. The highest BCUT2D eigenvalue weighted by molar-refractivity contribution is 5.86. The SMILES string of the molecule is Cc1cccn2c(/C=C/C(=O)[O-])c(-c3ccc(-c4ccccc4)cc3)nc12. The van der Waals surface area contributed by atoms with Crippen LogP contribution in [-0.2, 0) is 4.79 Å². The Balaban J connectivity index is 1.84. The van der Waals surface area contributed by atoms with Crippen molar-refractivity contribution in [3.8, 4) is 22.4 Å². The van der Waals surface area contributed by atoms with Gasteiger partial charge in [-0.05, 0) is 41.8 Å². The Labute approximate surface area is 157 Å². The van der Waals surface area contributed by atoms with Crippen molar-refractivity contribution in [2.45, 2.75) is 6.92 Å². The number of hydrogen-bond donors (Lipinski definition) is 0. The van der Waals surface area contributed by atoms with Crippen molar-refractivity contribution in [2.24, 2.45) is 0 Å². The van der Waals surface area contributed by atoms with Crippen LogP contribution < -0.4 is 5.11 Å². The first-order valence-corrected chi connectivity index (χ1v) is 8.66. The molecule has 0 saturated heterocycles. The van der Waals surface area contributed by atoms with Gasteiger partial charge < -0.3 is 9.90 Å². The molecule has 4 rings (SSSR count). The molecule has 4 nitrogen and oxygen atoms in total. The van der Waals surface area contributed by atoms with E-state index in [1.165, 1.54) is 6.08 Å². The number of aromatic nitrogens is 2. The van der Waals surface area contributed by atoms with E-state index in [2.05, 4.69) is 12.1 Å². The van der Waals surface area contributed by atoms with Crippen molar-refractivity contribution >= 4 is 17.7 Å². The normalized spacial score (nSPS) is 11.3. The number of fused-ring (bicyclic) bond motifs is 1. The third-order valence-corrected chi connectivity index (χ3v) is 4.52. The van der Waals surface area contributed by atoms with E-state index >= 15 is 0 Å². The van der Waals surface area contributed by atoms with Crippen LogP contribution in [0.25, 0.3) is 34.1 Å². The van der Waals surface area contributed by atoms with Gasteiger partial charge in [-0.1, -0.05) is 60.7 Å². The summed E-state index contributed by atoms with van der Waals surface area (Å²) in [5, 5.41) is 10.9. The number of hydrogen-bond acceptors (Lipinski definition) is 3. The van der Waals surface area contributed by atoms with Gasteiger partial charge in [-0.2, -0.15) is 0 Å². The molecule has 2 heterocycles. The van der Waals surface area contributed by atoms with Crippen molar-refractivity contribution in [1.29, 1.82) is 0 Å². The maximum atomic E-state index is 10.9. The molecule has 0 aliphatic heterocycles. The van der Waals surface area contributed by atoms with Gasteiger partial charge in [0.2, 0.25) is 0 Å². The second-order valence-electron chi connectivity index (χ2n) is 6.33. The summed E-state index contributed by atoms with van der Waals surface area (Å²) in [5.74, 6) is -1.23. The molecule has 0 unspecified atom stereocenters. The quantitative estimate of drug-likeness (QED) is 0.525. The summed E-state index contributed by atoms with van der Waals surface area (Å²) in [7, 11) is 0. The molecule has 2 aromatic carbocycles. The first kappa shape index (κ1) is 16.8. The fourth-order valence-electron chi connectivity index (χ4n) is 3.19. The number of benzene rings is 2. The van der Waals surface area contributed by atoms with Gasteiger partial charge in [0.15, 0.2) is 0 Å². The topological polar surface area (TPSA) is 57.4 Å². The number of carboxylic acids is 1. The standard InChI is InChI=1S/C23H18N2O2/c1-16-6-5-15-25-20(13-14-21(26)27)22(24-23(16)25)19-11-9-18(10-12-19)17-7-3-2-4-8-17/h2-15H,1H3,(H,26,27)/p-1/b14-13+. The Bertz CT molecular complexity index is 1140. The number of pyridine rings is 1. The summed E-state index contributed by atoms with van der Waals surface area (Å²) >= 11 is 0. The molecule has 0 N–H and O–H groups in total. The van der Waals surface area contributed by atoms with E-state index in [0.717, 1.165) is 39.7 Å². The Morgan fingerprint density at radius 2 is 1.59 bits per heavy atom. The second kappa shape index (κ2) is 6.92. The first-order valence-electron chi connectivity index (χ1n) is 8.66. The molecular formula is C23H17N2O2-. The fourth-order valence-corrected chi connectivity index (χ4v) is 3.19. The van der Waals surface area contributed by atoms with Crippen LogP contribution in [0.2, 0.25) is 0 Å². The molecular weight excluding hydrogens is 336 g/mol. The van der Waals surface area contributed by atoms with Crippen molar-refractivity contribution in [1.82, 2.24) is 9.38 Å². The first-order chi connectivity index (χ1) is 13.1. The number of nitrogens with zero attached hydrogens (tertiary/aromatic N) is 2. The van der Waals surface area contributed by atoms with E-state index in [1.54, 1.807) is 0 Å². The summed E-state index contributed by atoms with van der Waals surface area (Å²) in [5.41, 5.74) is 6.46. The fraction of sp³-hybridized carbons (Fsp3) is 0.0435. The Hall–Kier alpha value is -3.66. The van der Waals surface area contributed by atoms with Crippen LogP contribution in [0.1, 0.15) is 11.3 Å². The maximum Gasteiger partial charge on any atom is 0.140 e. The van der Waals surface area contributed by atoms with Gasteiger partial charge in [-0.3, -0.25) is 4.40 Å². The molecule has 0 fully saturated rings. The van der Waals surface area contributed by atoms with Gasteiger partial charge in [0.1, 0.15) is 5.65 Å². The number of carbonyl (C=O) groups excluding carboxylic acids is 1. The van der Waals surface area contributed by atoms with E-state index in [1.807, 2.05) is 72.1 Å². The Morgan fingerprint density at radius 1 is 0.926 bits per heavy atom. The molecule has 0 aliphatic rings. The lowest BCUT2D eigenvalue weighted by atomic mass is 10.0. The lowest BCUT2D eigenvalue weighted by Gasteiger charge is -2.04. The van der Waals surface area contributed by atoms with E-state index < -0.39 is 5.97 Å². The van der Waals surface area contributed by atoms with Gasteiger partial charge in [-0.15, -0.1) is 0 Å². The monoisotopic (exact) mass is 353 g/mol. The van der Waals surface area contributed by atoms with Crippen LogP contribution in [0.15, 0.2) is 79.0 Å². The molecule has 0 saturated carbocycles. The lowest BCUT2D eigenvalue weighted by Crippen LogP contribution is -2.18. The average Bonchev–Trinajstić information content (AvgIpc) is 3.07. The zero-order valence-electron chi connectivity index (χ0n) is 14.8. The molecule has 2 aromatic heterocycles. The third kappa shape index (κ3) is 3.25. The number of rotatable bonds is 4. The number of carbonyl (C=O) groups is 1. The molecule has 0 amide bonds. The zero-order valence-corrected chi connectivity index (χ0v) is 14.8. The van der Waals surface area contributed by atoms with Crippen molar-refractivity contribution in [3.63, 3.8) is 0 Å². The summed E-state index contributed by atoms with van der Waals surface area (Å²) in [6, 6.07) is 22.2. The van der Waals surface area contributed by atoms with E-state index in [4.69, 9.17) is 4.98 Å². The van der Waals surface area contributed by atoms with E-state index in [-0.39, 0.29) is 0 Å². The van der Waals surface area contributed by atoms with Crippen LogP contribution in [0.5, 0.6) is 0 Å². The van der Waals surface area contributed by atoms with Crippen molar-refractivity contribution in [3.05, 3.63) is 90.3 Å². The molecule has 4 aromatic rings. The van der Waals surface area contributed by atoms with Gasteiger partial charge >= 0.3 is 0 Å². The van der Waals surface area contributed by atoms with Gasteiger partial charge in [-0.25, -0.2) is 4.98 Å². The average molecular weight is 353 g/mol. The van der Waals surface area contributed by atoms with Crippen LogP contribution in [0, 0.1) is 6.92 Å². The van der Waals surface area contributed by atoms with Gasteiger partial charge in [0.25, 0.3) is 0 Å². The Kier molecular flexibility index (Phi) is 4.30. The van der Waals surface area contributed by atoms with E-state index in [9.17, 15) is 9.90 Å². The number of carboxylic acid groups (broad SMARTS) is 1. The molecule has 0 radical (unpaired) electrons. The second-order valence-corrected chi connectivity index (χ2v) is 6.33. The minimum Gasteiger partial charge on any atom is -0.545 e. The van der Waals surface area contributed by atoms with Crippen molar-refractivity contribution in [2.75, 3.05) is 0 Å². The smallest absolute Gasteiger partial charge is 0.140 e. The summed E-state index contributed by atoms with van der Waals surface area (Å²) in [6.07, 6.45) is 4.45. The summed E-state index contributed by atoms with van der Waals surface area (Å²) in [6.45, 7) is 1.98. The van der Waals surface area contributed by atoms with Crippen LogP contribution >= 0.6 is 0 Å². The molecule has 4 heteroatoms. The highest BCUT2D eigenvalue weighted by Crippen LogP contribution is 2.29. The van der Waals surface area contributed by atoms with Gasteiger partial charge in [0, 0.05) is 11.8 Å². The highest BCUT2D eigenvalue weighted by Gasteiger charge is 2.13. The van der Waals surface area contributed by atoms with Gasteiger partial charge in [0.05, 0.1) is 17.4 Å². The molecule has 0 bridgehead atoms. The third-order valence-electron chi connectivity index (χ3n) is 4.52. The number of aliphatic carboxylic acids is 1. The number of aryl methyl sites for hydroxylation is 1. The summed E-state index contributed by atoms with van der Waals surface area (Å²) < 4.78 is 1.90. The minimum absolute atomic E-state index is 0.713. The predicted molar refractivity (Wildman–Crippen MR) is 105 cm³/mol.